The number of carbonyl (C=O) groups is 1. The van der Waals surface area contributed by atoms with Crippen LogP contribution in [0.2, 0.25) is 0 Å². The topological polar surface area (TPSA) is 67.2 Å². The highest BCUT2D eigenvalue weighted by molar-refractivity contribution is 5.95. The summed E-state index contributed by atoms with van der Waals surface area (Å²) >= 11 is 0. The minimum atomic E-state index is -0.301. The Morgan fingerprint density at radius 1 is 1.59 bits per heavy atom. The van der Waals surface area contributed by atoms with Crippen LogP contribution >= 0.6 is 0 Å². The molecule has 0 aromatic carbocycles. The van der Waals surface area contributed by atoms with Crippen molar-refractivity contribution in [1.82, 2.24) is 15.1 Å². The Kier molecular flexibility index (Phi) is 4.28. The highest BCUT2D eigenvalue weighted by Gasteiger charge is 2.20. The number of rotatable bonds is 5. The highest BCUT2D eigenvalue weighted by Crippen LogP contribution is 2.12. The second kappa shape index (κ2) is 5.31. The molecule has 0 aliphatic rings. The molecule has 96 valence electrons. The predicted molar refractivity (Wildman–Crippen MR) is 65.8 cm³/mol. The SMILES string of the molecule is CCc1nn(C)cc1C(=O)NCC(C)(C)CO. The van der Waals surface area contributed by atoms with Gasteiger partial charge < -0.3 is 10.4 Å². The van der Waals surface area contributed by atoms with Crippen molar-refractivity contribution in [3.63, 3.8) is 0 Å². The Morgan fingerprint density at radius 2 is 2.24 bits per heavy atom. The Labute approximate surface area is 102 Å². The molecule has 0 saturated carbocycles. The third kappa shape index (κ3) is 3.56. The molecule has 1 heterocycles. The third-order valence-corrected chi connectivity index (χ3v) is 2.64. The number of aromatic nitrogens is 2. The molecule has 0 atom stereocenters. The first-order chi connectivity index (χ1) is 7.89. The van der Waals surface area contributed by atoms with E-state index in [1.807, 2.05) is 20.8 Å². The summed E-state index contributed by atoms with van der Waals surface area (Å²) < 4.78 is 1.64. The van der Waals surface area contributed by atoms with Gasteiger partial charge in [0.2, 0.25) is 0 Å². The van der Waals surface area contributed by atoms with Crippen molar-refractivity contribution in [2.24, 2.45) is 12.5 Å². The average Bonchev–Trinajstić information content (AvgIpc) is 2.67. The second-order valence-corrected chi connectivity index (χ2v) is 5.02. The molecule has 5 nitrogen and oxygen atoms in total. The normalized spacial score (nSPS) is 11.6. The molecule has 5 heteroatoms. The van der Waals surface area contributed by atoms with Crippen LogP contribution in [-0.4, -0.2) is 33.9 Å². The van der Waals surface area contributed by atoms with Gasteiger partial charge in [0.1, 0.15) is 0 Å². The van der Waals surface area contributed by atoms with Crippen molar-refractivity contribution < 1.29 is 9.90 Å². The van der Waals surface area contributed by atoms with Gasteiger partial charge in [0, 0.05) is 31.8 Å². The summed E-state index contributed by atoms with van der Waals surface area (Å²) in [6.45, 7) is 6.26. The van der Waals surface area contributed by atoms with Gasteiger partial charge in [-0.3, -0.25) is 9.48 Å². The first kappa shape index (κ1) is 13.7. The summed E-state index contributed by atoms with van der Waals surface area (Å²) in [4.78, 5) is 12.0. The van der Waals surface area contributed by atoms with Gasteiger partial charge in [-0.15, -0.1) is 0 Å². The van der Waals surface area contributed by atoms with Gasteiger partial charge in [0.05, 0.1) is 11.3 Å². The van der Waals surface area contributed by atoms with Gasteiger partial charge in [-0.05, 0) is 6.42 Å². The van der Waals surface area contributed by atoms with E-state index in [2.05, 4.69) is 10.4 Å². The predicted octanol–water partition coefficient (Wildman–Crippen LogP) is 0.731. The standard InChI is InChI=1S/C12H21N3O2/c1-5-10-9(6-15(4)14-10)11(17)13-7-12(2,3)8-16/h6,16H,5,7-8H2,1-4H3,(H,13,17). The number of nitrogens with one attached hydrogen (secondary N) is 1. The van der Waals surface area contributed by atoms with Crippen LogP contribution in [0.15, 0.2) is 6.20 Å². The Balaban J connectivity index is 2.70. The van der Waals surface area contributed by atoms with Crippen molar-refractivity contribution in [2.45, 2.75) is 27.2 Å². The molecular weight excluding hydrogens is 218 g/mol. The van der Waals surface area contributed by atoms with Crippen LogP contribution in [-0.2, 0) is 13.5 Å². The zero-order valence-corrected chi connectivity index (χ0v) is 10.9. The summed E-state index contributed by atoms with van der Waals surface area (Å²) in [7, 11) is 1.80. The number of carbonyl (C=O) groups excluding carboxylic acids is 1. The molecule has 1 aromatic heterocycles. The summed E-state index contributed by atoms with van der Waals surface area (Å²) in [5.74, 6) is -0.128. The zero-order valence-electron chi connectivity index (χ0n) is 10.9. The monoisotopic (exact) mass is 239 g/mol. The Morgan fingerprint density at radius 3 is 2.76 bits per heavy atom. The van der Waals surface area contributed by atoms with Crippen molar-refractivity contribution in [3.8, 4) is 0 Å². The quantitative estimate of drug-likeness (QED) is 0.796. The lowest BCUT2D eigenvalue weighted by molar-refractivity contribution is 0.0910. The second-order valence-electron chi connectivity index (χ2n) is 5.02. The third-order valence-electron chi connectivity index (χ3n) is 2.64. The molecule has 0 aliphatic heterocycles. The smallest absolute Gasteiger partial charge is 0.254 e. The highest BCUT2D eigenvalue weighted by atomic mass is 16.3. The van der Waals surface area contributed by atoms with E-state index >= 15 is 0 Å². The van der Waals surface area contributed by atoms with E-state index in [1.165, 1.54) is 0 Å². The van der Waals surface area contributed by atoms with E-state index in [9.17, 15) is 4.79 Å². The molecule has 1 aromatic rings. The van der Waals surface area contributed by atoms with Gasteiger partial charge in [-0.2, -0.15) is 5.10 Å². The van der Waals surface area contributed by atoms with E-state index in [1.54, 1.807) is 17.9 Å². The van der Waals surface area contributed by atoms with Gasteiger partial charge in [-0.1, -0.05) is 20.8 Å². The van der Waals surface area contributed by atoms with Crippen molar-refractivity contribution in [2.75, 3.05) is 13.2 Å². The molecule has 1 rings (SSSR count). The summed E-state index contributed by atoms with van der Waals surface area (Å²) in [6, 6.07) is 0. The van der Waals surface area contributed by atoms with Crippen molar-refractivity contribution in [3.05, 3.63) is 17.5 Å². The molecule has 0 radical (unpaired) electrons. The van der Waals surface area contributed by atoms with E-state index in [0.29, 0.717) is 12.1 Å². The van der Waals surface area contributed by atoms with Crippen LogP contribution in [0, 0.1) is 5.41 Å². The maximum Gasteiger partial charge on any atom is 0.254 e. The van der Waals surface area contributed by atoms with Gasteiger partial charge in [0.25, 0.3) is 5.91 Å². The fraction of sp³-hybridized carbons (Fsp3) is 0.667. The van der Waals surface area contributed by atoms with Crippen LogP contribution < -0.4 is 5.32 Å². The molecule has 0 bridgehead atoms. The number of hydrogen-bond donors (Lipinski definition) is 2. The van der Waals surface area contributed by atoms with E-state index in [0.717, 1.165) is 12.1 Å². The fourth-order valence-corrected chi connectivity index (χ4v) is 1.46. The Bertz CT molecular complexity index is 396. The number of aliphatic hydroxyl groups is 1. The Hall–Kier alpha value is -1.36. The van der Waals surface area contributed by atoms with Crippen LogP contribution in [0.4, 0.5) is 0 Å². The first-order valence-corrected chi connectivity index (χ1v) is 5.81. The summed E-state index contributed by atoms with van der Waals surface area (Å²) in [5, 5.41) is 16.2. The maximum atomic E-state index is 12.0. The van der Waals surface area contributed by atoms with E-state index in [-0.39, 0.29) is 17.9 Å². The van der Waals surface area contributed by atoms with Crippen LogP contribution in [0.25, 0.3) is 0 Å². The summed E-state index contributed by atoms with van der Waals surface area (Å²) in [5.41, 5.74) is 1.11. The first-order valence-electron chi connectivity index (χ1n) is 5.81. The molecule has 2 N–H and O–H groups in total. The molecular formula is C12H21N3O2. The molecule has 0 saturated heterocycles. The minimum absolute atomic E-state index is 0.0426. The largest absolute Gasteiger partial charge is 0.396 e. The molecule has 0 unspecified atom stereocenters. The van der Waals surface area contributed by atoms with Crippen LogP contribution in [0.1, 0.15) is 36.8 Å². The number of nitrogens with zero attached hydrogens (tertiary/aromatic N) is 2. The van der Waals surface area contributed by atoms with Gasteiger partial charge in [0.15, 0.2) is 0 Å². The maximum absolute atomic E-state index is 12.0. The molecule has 1 amide bonds. The fourth-order valence-electron chi connectivity index (χ4n) is 1.46. The average molecular weight is 239 g/mol. The molecule has 0 aliphatic carbocycles. The van der Waals surface area contributed by atoms with Crippen LogP contribution in [0.5, 0.6) is 0 Å². The number of hydrogen-bond acceptors (Lipinski definition) is 3. The molecule has 0 spiro atoms. The zero-order chi connectivity index (χ0) is 13.1. The van der Waals surface area contributed by atoms with Crippen molar-refractivity contribution in [1.29, 1.82) is 0 Å². The minimum Gasteiger partial charge on any atom is -0.396 e. The van der Waals surface area contributed by atoms with Gasteiger partial charge >= 0.3 is 0 Å². The summed E-state index contributed by atoms with van der Waals surface area (Å²) in [6.07, 6.45) is 2.45. The lowest BCUT2D eigenvalue weighted by Crippen LogP contribution is -2.36. The number of aliphatic hydroxyl groups excluding tert-OH is 1. The lowest BCUT2D eigenvalue weighted by atomic mass is 9.95. The molecule has 17 heavy (non-hydrogen) atoms. The van der Waals surface area contributed by atoms with Crippen LogP contribution in [0.3, 0.4) is 0 Å². The van der Waals surface area contributed by atoms with Crippen molar-refractivity contribution >= 4 is 5.91 Å². The lowest BCUT2D eigenvalue weighted by Gasteiger charge is -2.21. The number of aryl methyl sites for hydroxylation is 2. The molecule has 0 fully saturated rings. The van der Waals surface area contributed by atoms with Gasteiger partial charge in [-0.25, -0.2) is 0 Å². The number of amides is 1. The van der Waals surface area contributed by atoms with E-state index < -0.39 is 0 Å². The van der Waals surface area contributed by atoms with E-state index in [4.69, 9.17) is 5.11 Å².